The first kappa shape index (κ1) is 15.0. The van der Waals surface area contributed by atoms with E-state index in [2.05, 4.69) is 5.32 Å². The van der Waals surface area contributed by atoms with Crippen molar-refractivity contribution in [1.82, 2.24) is 5.32 Å². The number of carbonyl (C=O) groups is 2. The molecule has 0 heterocycles. The molecule has 1 aromatic carbocycles. The molecule has 5 heteroatoms. The molecule has 5 nitrogen and oxygen atoms in total. The van der Waals surface area contributed by atoms with Crippen molar-refractivity contribution in [2.45, 2.75) is 26.8 Å². The Morgan fingerprint density at radius 3 is 2.32 bits per heavy atom. The Morgan fingerprint density at radius 1 is 1.26 bits per heavy atom. The smallest absolute Gasteiger partial charge is 0.326 e. The van der Waals surface area contributed by atoms with Crippen LogP contribution in [0.3, 0.4) is 0 Å². The van der Waals surface area contributed by atoms with Crippen LogP contribution in [0.1, 0.15) is 19.4 Å². The van der Waals surface area contributed by atoms with Gasteiger partial charge in [-0.2, -0.15) is 0 Å². The molecular weight excluding hydrogens is 246 g/mol. The maximum Gasteiger partial charge on any atom is 0.326 e. The number of nitrogens with one attached hydrogen (secondary N) is 1. The van der Waals surface area contributed by atoms with Gasteiger partial charge in [0.05, 0.1) is 0 Å². The van der Waals surface area contributed by atoms with Crippen LogP contribution in [0.4, 0.5) is 0 Å². The van der Waals surface area contributed by atoms with Crippen LogP contribution in [-0.4, -0.2) is 29.6 Å². The second-order valence-electron chi connectivity index (χ2n) is 4.73. The summed E-state index contributed by atoms with van der Waals surface area (Å²) in [6.07, 6.45) is 0. The van der Waals surface area contributed by atoms with Crippen LogP contribution in [0, 0.1) is 12.8 Å². The summed E-state index contributed by atoms with van der Waals surface area (Å²) in [6.45, 7) is 5.23. The van der Waals surface area contributed by atoms with Crippen LogP contribution in [0.2, 0.25) is 0 Å². The summed E-state index contributed by atoms with van der Waals surface area (Å²) in [5.41, 5.74) is 1.10. The average molecular weight is 265 g/mol. The molecule has 0 aromatic heterocycles. The predicted molar refractivity (Wildman–Crippen MR) is 71.1 cm³/mol. The average Bonchev–Trinajstić information content (AvgIpc) is 2.34. The van der Waals surface area contributed by atoms with Crippen LogP contribution < -0.4 is 10.1 Å². The van der Waals surface area contributed by atoms with Crippen LogP contribution in [0.15, 0.2) is 24.3 Å². The van der Waals surface area contributed by atoms with Gasteiger partial charge < -0.3 is 15.2 Å². The molecule has 19 heavy (non-hydrogen) atoms. The highest BCUT2D eigenvalue weighted by molar-refractivity contribution is 5.84. The first-order chi connectivity index (χ1) is 8.90. The third-order valence-electron chi connectivity index (χ3n) is 2.64. The largest absolute Gasteiger partial charge is 0.484 e. The predicted octanol–water partition coefficient (Wildman–Crippen LogP) is 1.60. The molecule has 1 atom stereocenters. The Labute approximate surface area is 112 Å². The van der Waals surface area contributed by atoms with Gasteiger partial charge in [-0.25, -0.2) is 4.79 Å². The lowest BCUT2D eigenvalue weighted by Crippen LogP contribution is -2.46. The third-order valence-corrected chi connectivity index (χ3v) is 2.64. The van der Waals surface area contributed by atoms with Crippen LogP contribution in [-0.2, 0) is 9.59 Å². The van der Waals surface area contributed by atoms with E-state index in [1.807, 2.05) is 19.1 Å². The first-order valence-corrected chi connectivity index (χ1v) is 6.11. The van der Waals surface area contributed by atoms with Crippen molar-refractivity contribution in [3.05, 3.63) is 29.8 Å². The van der Waals surface area contributed by atoms with Gasteiger partial charge in [0, 0.05) is 0 Å². The molecule has 104 valence electrons. The van der Waals surface area contributed by atoms with Gasteiger partial charge in [-0.1, -0.05) is 31.5 Å². The van der Waals surface area contributed by atoms with Crippen LogP contribution in [0.25, 0.3) is 0 Å². The highest BCUT2D eigenvalue weighted by Crippen LogP contribution is 2.11. The number of carbonyl (C=O) groups excluding carboxylic acids is 1. The number of aryl methyl sites for hydroxylation is 1. The monoisotopic (exact) mass is 265 g/mol. The molecule has 2 N–H and O–H groups in total. The van der Waals surface area contributed by atoms with Gasteiger partial charge in [-0.15, -0.1) is 0 Å². The lowest BCUT2D eigenvalue weighted by molar-refractivity contribution is -0.143. The van der Waals surface area contributed by atoms with Crippen LogP contribution >= 0.6 is 0 Å². The molecule has 1 unspecified atom stereocenters. The van der Waals surface area contributed by atoms with Crippen molar-refractivity contribution in [3.63, 3.8) is 0 Å². The lowest BCUT2D eigenvalue weighted by Gasteiger charge is -2.17. The number of amides is 1. The van der Waals surface area contributed by atoms with E-state index in [9.17, 15) is 9.59 Å². The molecule has 0 fully saturated rings. The van der Waals surface area contributed by atoms with Crippen molar-refractivity contribution in [2.75, 3.05) is 6.61 Å². The second kappa shape index (κ2) is 6.78. The van der Waals surface area contributed by atoms with Gasteiger partial charge >= 0.3 is 5.97 Å². The molecule has 1 amide bonds. The number of hydrogen-bond acceptors (Lipinski definition) is 3. The number of benzene rings is 1. The van der Waals surface area contributed by atoms with Gasteiger partial charge in [0.25, 0.3) is 5.91 Å². The number of carboxylic acids is 1. The molecule has 1 rings (SSSR count). The van der Waals surface area contributed by atoms with E-state index in [1.54, 1.807) is 26.0 Å². The molecule has 0 aliphatic rings. The van der Waals surface area contributed by atoms with Gasteiger partial charge in [-0.05, 0) is 25.0 Å². The van der Waals surface area contributed by atoms with Crippen molar-refractivity contribution in [3.8, 4) is 5.75 Å². The Morgan fingerprint density at radius 2 is 1.84 bits per heavy atom. The number of rotatable bonds is 6. The number of ether oxygens (including phenoxy) is 1. The molecule has 0 bridgehead atoms. The standard InChI is InChI=1S/C14H19NO4/c1-9(2)13(14(17)18)15-12(16)8-19-11-6-4-10(3)5-7-11/h4-7,9,13H,8H2,1-3H3,(H,15,16)(H,17,18). The fraction of sp³-hybridized carbons (Fsp3) is 0.429. The summed E-state index contributed by atoms with van der Waals surface area (Å²) in [5, 5.41) is 11.4. The van der Waals surface area contributed by atoms with Crippen molar-refractivity contribution >= 4 is 11.9 Å². The Bertz CT molecular complexity index is 439. The minimum atomic E-state index is -1.04. The van der Waals surface area contributed by atoms with Crippen molar-refractivity contribution in [1.29, 1.82) is 0 Å². The van der Waals surface area contributed by atoms with E-state index in [0.29, 0.717) is 5.75 Å². The van der Waals surface area contributed by atoms with E-state index in [0.717, 1.165) is 5.56 Å². The van der Waals surface area contributed by atoms with Crippen LogP contribution in [0.5, 0.6) is 5.75 Å². The Kier molecular flexibility index (Phi) is 5.36. The van der Waals surface area contributed by atoms with E-state index < -0.39 is 17.9 Å². The van der Waals surface area contributed by atoms with E-state index >= 15 is 0 Å². The quantitative estimate of drug-likeness (QED) is 0.819. The second-order valence-corrected chi connectivity index (χ2v) is 4.73. The van der Waals surface area contributed by atoms with Gasteiger partial charge in [0.15, 0.2) is 6.61 Å². The molecule has 1 aromatic rings. The molecule has 0 aliphatic carbocycles. The third kappa shape index (κ3) is 4.99. The zero-order valence-corrected chi connectivity index (χ0v) is 11.3. The fourth-order valence-electron chi connectivity index (χ4n) is 1.51. The highest BCUT2D eigenvalue weighted by Gasteiger charge is 2.23. The Hall–Kier alpha value is -2.04. The molecule has 0 radical (unpaired) electrons. The fourth-order valence-corrected chi connectivity index (χ4v) is 1.51. The van der Waals surface area contributed by atoms with Crippen molar-refractivity contribution in [2.24, 2.45) is 5.92 Å². The van der Waals surface area contributed by atoms with Crippen molar-refractivity contribution < 1.29 is 19.4 Å². The summed E-state index contributed by atoms with van der Waals surface area (Å²) in [6, 6.07) is 6.39. The zero-order valence-electron chi connectivity index (χ0n) is 11.3. The maximum absolute atomic E-state index is 11.6. The maximum atomic E-state index is 11.6. The topological polar surface area (TPSA) is 75.6 Å². The summed E-state index contributed by atoms with van der Waals surface area (Å²) < 4.78 is 5.28. The molecule has 0 spiro atoms. The molecule has 0 saturated carbocycles. The number of carboxylic acid groups (broad SMARTS) is 1. The van der Waals surface area contributed by atoms with Gasteiger partial charge in [0.2, 0.25) is 0 Å². The minimum Gasteiger partial charge on any atom is -0.484 e. The van der Waals surface area contributed by atoms with Gasteiger partial charge in [-0.3, -0.25) is 4.79 Å². The SMILES string of the molecule is Cc1ccc(OCC(=O)NC(C(=O)O)C(C)C)cc1. The molecule has 0 saturated heterocycles. The Balaban J connectivity index is 2.47. The summed E-state index contributed by atoms with van der Waals surface area (Å²) >= 11 is 0. The number of aliphatic carboxylic acids is 1. The number of hydrogen-bond donors (Lipinski definition) is 2. The van der Waals surface area contributed by atoms with E-state index in [-0.39, 0.29) is 12.5 Å². The van der Waals surface area contributed by atoms with Gasteiger partial charge in [0.1, 0.15) is 11.8 Å². The summed E-state index contributed by atoms with van der Waals surface area (Å²) in [4.78, 5) is 22.5. The minimum absolute atomic E-state index is 0.180. The van der Waals surface area contributed by atoms with E-state index in [4.69, 9.17) is 9.84 Å². The zero-order chi connectivity index (χ0) is 14.4. The lowest BCUT2D eigenvalue weighted by atomic mass is 10.1. The summed E-state index contributed by atoms with van der Waals surface area (Å²) in [7, 11) is 0. The molecule has 0 aliphatic heterocycles. The highest BCUT2D eigenvalue weighted by atomic mass is 16.5. The summed E-state index contributed by atoms with van der Waals surface area (Å²) in [5.74, 6) is -1.08. The molecular formula is C14H19NO4. The first-order valence-electron chi connectivity index (χ1n) is 6.11. The normalized spacial score (nSPS) is 12.0. The van der Waals surface area contributed by atoms with E-state index in [1.165, 1.54) is 0 Å².